The van der Waals surface area contributed by atoms with E-state index in [0.29, 0.717) is 0 Å². The van der Waals surface area contributed by atoms with Gasteiger partial charge in [-0.1, -0.05) is 32.8 Å². The summed E-state index contributed by atoms with van der Waals surface area (Å²) in [6.45, 7) is 13.6. The van der Waals surface area contributed by atoms with E-state index in [0.717, 1.165) is 0 Å². The zero-order valence-corrected chi connectivity index (χ0v) is 16.4. The topological polar surface area (TPSA) is 0 Å². The largest absolute Gasteiger partial charge is 0.139 e. The molecular weight excluding hydrogens is 304 g/mol. The van der Waals surface area contributed by atoms with Crippen molar-refractivity contribution < 1.29 is 0 Å². The van der Waals surface area contributed by atoms with Crippen molar-refractivity contribution in [3.05, 3.63) is 38.1 Å². The first-order chi connectivity index (χ1) is 10.5. The van der Waals surface area contributed by atoms with Crippen LogP contribution in [0.4, 0.5) is 0 Å². The molecule has 0 saturated carbocycles. The highest BCUT2D eigenvalue weighted by Gasteiger charge is 2.20. The molecule has 0 saturated heterocycles. The molecule has 2 heterocycles. The summed E-state index contributed by atoms with van der Waals surface area (Å²) in [5.74, 6) is 0. The van der Waals surface area contributed by atoms with Crippen molar-refractivity contribution >= 4 is 28.7 Å². The van der Waals surface area contributed by atoms with E-state index in [-0.39, 0.29) is 0 Å². The van der Waals surface area contributed by atoms with Gasteiger partial charge >= 0.3 is 0 Å². The van der Waals surface area contributed by atoms with Crippen molar-refractivity contribution in [3.8, 4) is 9.75 Å². The third kappa shape index (κ3) is 3.23. The van der Waals surface area contributed by atoms with Crippen molar-refractivity contribution in [3.63, 3.8) is 0 Å². The van der Waals surface area contributed by atoms with Crippen LogP contribution < -0.4 is 0 Å². The predicted octanol–water partition coefficient (Wildman–Crippen LogP) is 7.34. The summed E-state index contributed by atoms with van der Waals surface area (Å²) in [7, 11) is 0. The van der Waals surface area contributed by atoms with Gasteiger partial charge in [0.25, 0.3) is 0 Å². The normalized spacial score (nSPS) is 11.7. The molecule has 0 spiro atoms. The van der Waals surface area contributed by atoms with Gasteiger partial charge in [-0.15, -0.1) is 22.7 Å². The van der Waals surface area contributed by atoms with E-state index < -0.39 is 0 Å². The summed E-state index contributed by atoms with van der Waals surface area (Å²) in [4.78, 5) is 5.99. The van der Waals surface area contributed by atoms with Gasteiger partial charge in [0, 0.05) is 19.5 Å². The minimum atomic E-state index is 1.19. The highest BCUT2D eigenvalue weighted by molar-refractivity contribution is 7.23. The van der Waals surface area contributed by atoms with E-state index in [1.807, 2.05) is 22.7 Å². The van der Waals surface area contributed by atoms with Crippen LogP contribution in [-0.4, -0.2) is 0 Å². The number of hydrogen-bond acceptors (Lipinski definition) is 2. The molecule has 0 atom stereocenters. The molecule has 2 aromatic heterocycles. The van der Waals surface area contributed by atoms with Crippen LogP contribution in [0.1, 0.15) is 65.6 Å². The molecule has 0 N–H and O–H groups in total. The summed E-state index contributed by atoms with van der Waals surface area (Å²) < 4.78 is 0. The van der Waals surface area contributed by atoms with E-state index in [1.165, 1.54) is 56.3 Å². The number of hydrogen-bond donors (Lipinski definition) is 0. The van der Waals surface area contributed by atoms with Gasteiger partial charge in [0.05, 0.1) is 0 Å². The molecule has 0 unspecified atom stereocenters. The highest BCUT2D eigenvalue weighted by atomic mass is 32.1. The number of aryl methyl sites for hydroxylation is 1. The minimum Gasteiger partial charge on any atom is -0.139 e. The molecule has 0 radical (unpaired) electrons. The van der Waals surface area contributed by atoms with Gasteiger partial charge in [-0.05, 0) is 68.9 Å². The van der Waals surface area contributed by atoms with Crippen molar-refractivity contribution in [1.82, 2.24) is 0 Å². The Kier molecular flexibility index (Phi) is 6.05. The molecule has 0 amide bonds. The van der Waals surface area contributed by atoms with Gasteiger partial charge in [0.2, 0.25) is 0 Å². The molecule has 0 aliphatic heterocycles. The third-order valence-electron chi connectivity index (χ3n) is 4.31. The Balaban J connectivity index is 2.61. The van der Waals surface area contributed by atoms with Crippen molar-refractivity contribution in [2.45, 2.75) is 67.2 Å². The second kappa shape index (κ2) is 7.61. The van der Waals surface area contributed by atoms with E-state index in [1.54, 1.807) is 11.1 Å². The van der Waals surface area contributed by atoms with E-state index in [2.05, 4.69) is 53.7 Å². The molecule has 2 rings (SSSR count). The van der Waals surface area contributed by atoms with E-state index >= 15 is 0 Å². The van der Waals surface area contributed by atoms with Crippen LogP contribution in [0, 0.1) is 20.8 Å². The monoisotopic (exact) mass is 332 g/mol. The second-order valence-electron chi connectivity index (χ2n) is 5.99. The van der Waals surface area contributed by atoms with Gasteiger partial charge in [-0.2, -0.15) is 0 Å². The lowest BCUT2D eigenvalue weighted by Gasteiger charge is -2.05. The lowest BCUT2D eigenvalue weighted by molar-refractivity contribution is 0.911. The molecule has 0 bridgehead atoms. The molecule has 0 aliphatic carbocycles. The van der Waals surface area contributed by atoms with Gasteiger partial charge < -0.3 is 0 Å². The van der Waals surface area contributed by atoms with Crippen molar-refractivity contribution in [2.24, 2.45) is 0 Å². The SMILES string of the molecule is C/C=C/c1sc(-c2sc(C)c(CCC)c2C)c(CCC)c1C. The van der Waals surface area contributed by atoms with Crippen molar-refractivity contribution in [1.29, 1.82) is 0 Å². The van der Waals surface area contributed by atoms with E-state index in [4.69, 9.17) is 0 Å². The molecule has 0 fully saturated rings. The first-order valence-corrected chi connectivity index (χ1v) is 10.0. The predicted molar refractivity (Wildman–Crippen MR) is 105 cm³/mol. The first kappa shape index (κ1) is 17.5. The summed E-state index contributed by atoms with van der Waals surface area (Å²) in [6, 6.07) is 0. The van der Waals surface area contributed by atoms with Crippen LogP contribution >= 0.6 is 22.7 Å². The molecular formula is C20H28S2. The van der Waals surface area contributed by atoms with Gasteiger partial charge in [0.1, 0.15) is 0 Å². The first-order valence-electron chi connectivity index (χ1n) is 8.39. The van der Waals surface area contributed by atoms with Gasteiger partial charge in [-0.25, -0.2) is 0 Å². The van der Waals surface area contributed by atoms with Gasteiger partial charge in [-0.3, -0.25) is 0 Å². The molecule has 0 aromatic carbocycles. The Morgan fingerprint density at radius 2 is 1.45 bits per heavy atom. The Morgan fingerprint density at radius 1 is 0.818 bits per heavy atom. The quantitative estimate of drug-likeness (QED) is 0.519. The fourth-order valence-electron chi connectivity index (χ4n) is 3.13. The summed E-state index contributed by atoms with van der Waals surface area (Å²) in [5.41, 5.74) is 6.18. The summed E-state index contributed by atoms with van der Waals surface area (Å²) >= 11 is 3.98. The van der Waals surface area contributed by atoms with Crippen LogP contribution in [0.25, 0.3) is 15.8 Å². The minimum absolute atomic E-state index is 1.19. The highest BCUT2D eigenvalue weighted by Crippen LogP contribution is 2.44. The van der Waals surface area contributed by atoms with E-state index in [9.17, 15) is 0 Å². The number of allylic oxidation sites excluding steroid dienone is 1. The van der Waals surface area contributed by atoms with Gasteiger partial charge in [0.15, 0.2) is 0 Å². The lowest BCUT2D eigenvalue weighted by Crippen LogP contribution is -1.89. The number of rotatable bonds is 6. The molecule has 2 heteroatoms. The maximum Gasteiger partial charge on any atom is 0.0486 e. The zero-order chi connectivity index (χ0) is 16.3. The standard InChI is InChI=1S/C20H28S2/c1-7-10-16-14(5)19(21-15(16)6)20-17(11-8-2)13(4)18(22-20)12-9-3/h9,12H,7-8,10-11H2,1-6H3/b12-9+. The summed E-state index contributed by atoms with van der Waals surface area (Å²) in [6.07, 6.45) is 9.27. The second-order valence-corrected chi connectivity index (χ2v) is 8.27. The maximum atomic E-state index is 2.32. The Hall–Kier alpha value is -0.860. The molecule has 2 aromatic rings. The van der Waals surface area contributed by atoms with Crippen LogP contribution in [0.2, 0.25) is 0 Å². The maximum absolute atomic E-state index is 2.32. The Morgan fingerprint density at radius 3 is 2.05 bits per heavy atom. The van der Waals surface area contributed by atoms with Crippen LogP contribution in [0.3, 0.4) is 0 Å². The zero-order valence-electron chi connectivity index (χ0n) is 14.8. The van der Waals surface area contributed by atoms with Crippen molar-refractivity contribution in [2.75, 3.05) is 0 Å². The summed E-state index contributed by atoms with van der Waals surface area (Å²) in [5, 5.41) is 0. The fraction of sp³-hybridized carbons (Fsp3) is 0.500. The Bertz CT molecular complexity index is 668. The molecule has 120 valence electrons. The Labute approximate surface area is 143 Å². The average Bonchev–Trinajstić information content (AvgIpc) is 2.93. The third-order valence-corrected chi connectivity index (χ3v) is 7.02. The fourth-order valence-corrected chi connectivity index (χ4v) is 5.89. The van der Waals surface area contributed by atoms with Crippen LogP contribution in [0.5, 0.6) is 0 Å². The molecule has 0 nitrogen and oxygen atoms in total. The molecule has 0 aliphatic rings. The molecule has 22 heavy (non-hydrogen) atoms. The number of thiophene rings is 2. The smallest absolute Gasteiger partial charge is 0.0486 e. The van der Waals surface area contributed by atoms with Crippen LogP contribution in [0.15, 0.2) is 6.08 Å². The average molecular weight is 333 g/mol. The lowest BCUT2D eigenvalue weighted by atomic mass is 10.0. The van der Waals surface area contributed by atoms with Crippen LogP contribution in [-0.2, 0) is 12.8 Å².